The smallest absolute Gasteiger partial charge is 0.147 e. The van der Waals surface area contributed by atoms with Gasteiger partial charge in [-0.05, 0) is 0 Å². The van der Waals surface area contributed by atoms with E-state index in [1.165, 1.54) is 0 Å². The SMILES string of the molecule is N#CCCN=c1c(=S)[nH][nH][nH]c1=S. The molecule has 0 amide bonds. The normalized spacial score (nSPS) is 9.15. The Hall–Kier alpha value is -1.26. The Morgan fingerprint density at radius 3 is 2.46 bits per heavy atom. The molecule has 0 bridgehead atoms. The third-order valence-electron chi connectivity index (χ3n) is 1.28. The Labute approximate surface area is 84.1 Å². The lowest BCUT2D eigenvalue weighted by atomic mass is 10.5. The molecule has 1 rings (SSSR count). The number of aromatic nitrogens is 3. The summed E-state index contributed by atoms with van der Waals surface area (Å²) in [6.45, 7) is 0.412. The maximum Gasteiger partial charge on any atom is 0.147 e. The van der Waals surface area contributed by atoms with Crippen LogP contribution >= 0.6 is 24.4 Å². The molecular formula is C6H7N5S2. The maximum atomic E-state index is 8.30. The summed E-state index contributed by atoms with van der Waals surface area (Å²) >= 11 is 9.88. The Morgan fingerprint density at radius 2 is 1.92 bits per heavy atom. The zero-order valence-corrected chi connectivity index (χ0v) is 8.26. The molecule has 0 fully saturated rings. The van der Waals surface area contributed by atoms with Gasteiger partial charge < -0.3 is 0 Å². The minimum absolute atomic E-state index is 0.363. The van der Waals surface area contributed by atoms with Gasteiger partial charge in [-0.15, -0.1) is 0 Å². The van der Waals surface area contributed by atoms with E-state index in [0.29, 0.717) is 27.6 Å². The Morgan fingerprint density at radius 1 is 1.31 bits per heavy atom. The van der Waals surface area contributed by atoms with Gasteiger partial charge in [0.15, 0.2) is 0 Å². The van der Waals surface area contributed by atoms with Gasteiger partial charge >= 0.3 is 0 Å². The van der Waals surface area contributed by atoms with Crippen molar-refractivity contribution in [1.29, 1.82) is 5.26 Å². The molecule has 0 saturated carbocycles. The minimum Gasteiger partial charge on any atom is -0.278 e. The standard InChI is InChI=1S/C6H7N5S2/c7-2-1-3-8-4-5(12)9-11-10-6(4)13/h1,3H2,(H,8,11)(H2,9,10,12,13). The third-order valence-corrected chi connectivity index (χ3v) is 1.87. The maximum absolute atomic E-state index is 8.30. The lowest BCUT2D eigenvalue weighted by Crippen LogP contribution is -2.11. The average molecular weight is 213 g/mol. The molecule has 7 heteroatoms. The van der Waals surface area contributed by atoms with E-state index in [1.807, 2.05) is 6.07 Å². The highest BCUT2D eigenvalue weighted by Gasteiger charge is 1.88. The van der Waals surface area contributed by atoms with E-state index in [1.54, 1.807) is 0 Å². The number of nitriles is 1. The van der Waals surface area contributed by atoms with Gasteiger partial charge in [0.1, 0.15) is 14.6 Å². The monoisotopic (exact) mass is 213 g/mol. The van der Waals surface area contributed by atoms with Crippen molar-refractivity contribution in [1.82, 2.24) is 15.4 Å². The molecule has 0 unspecified atom stereocenters. The van der Waals surface area contributed by atoms with Crippen LogP contribution in [0.3, 0.4) is 0 Å². The first-order valence-electron chi connectivity index (χ1n) is 3.53. The van der Waals surface area contributed by atoms with Gasteiger partial charge in [-0.2, -0.15) is 5.26 Å². The van der Waals surface area contributed by atoms with Gasteiger partial charge in [0, 0.05) is 0 Å². The molecule has 0 saturated heterocycles. The van der Waals surface area contributed by atoms with Crippen LogP contribution in [0.25, 0.3) is 0 Å². The highest BCUT2D eigenvalue weighted by molar-refractivity contribution is 7.72. The highest BCUT2D eigenvalue weighted by atomic mass is 32.1. The molecule has 13 heavy (non-hydrogen) atoms. The second-order valence-corrected chi connectivity index (χ2v) is 2.99. The molecule has 0 atom stereocenters. The van der Waals surface area contributed by atoms with E-state index in [4.69, 9.17) is 29.7 Å². The quantitative estimate of drug-likeness (QED) is 0.505. The predicted octanol–water partition coefficient (Wildman–Crippen LogP) is 0.944. The first-order chi connectivity index (χ1) is 6.25. The summed E-state index contributed by atoms with van der Waals surface area (Å²) in [5.74, 6) is 0. The summed E-state index contributed by atoms with van der Waals surface area (Å²) in [5.41, 5.74) is 0. The lowest BCUT2D eigenvalue weighted by molar-refractivity contribution is 0.815. The number of aromatic amines is 3. The Kier molecular flexibility index (Phi) is 3.54. The molecule has 0 radical (unpaired) electrons. The predicted molar refractivity (Wildman–Crippen MR) is 51.8 cm³/mol. The summed E-state index contributed by atoms with van der Waals surface area (Å²) in [5, 5.41) is 16.7. The Balaban J connectivity index is 3.15. The second-order valence-electron chi connectivity index (χ2n) is 2.17. The summed E-state index contributed by atoms with van der Waals surface area (Å²) < 4.78 is 0.892. The molecule has 3 N–H and O–H groups in total. The van der Waals surface area contributed by atoms with E-state index in [2.05, 4.69) is 20.4 Å². The second kappa shape index (κ2) is 4.69. The Bertz CT molecular complexity index is 454. The highest BCUT2D eigenvalue weighted by Crippen LogP contribution is 1.78. The van der Waals surface area contributed by atoms with Crippen molar-refractivity contribution in [2.24, 2.45) is 4.99 Å². The summed E-state index contributed by atoms with van der Waals surface area (Å²) in [7, 11) is 0. The number of hydrogen-bond acceptors (Lipinski definition) is 4. The van der Waals surface area contributed by atoms with E-state index in [0.717, 1.165) is 0 Å². The van der Waals surface area contributed by atoms with Gasteiger partial charge in [-0.1, -0.05) is 24.4 Å². The van der Waals surface area contributed by atoms with Crippen LogP contribution in [-0.2, 0) is 0 Å². The van der Waals surface area contributed by atoms with Gasteiger partial charge in [-0.25, -0.2) is 5.21 Å². The van der Waals surface area contributed by atoms with Crippen LogP contribution in [0.5, 0.6) is 0 Å². The molecule has 0 aromatic carbocycles. The fourth-order valence-corrected chi connectivity index (χ4v) is 1.23. The van der Waals surface area contributed by atoms with Gasteiger partial charge in [0.25, 0.3) is 0 Å². The molecule has 1 heterocycles. The molecule has 0 aliphatic heterocycles. The topological polar surface area (TPSA) is 83.5 Å². The molecule has 1 aromatic heterocycles. The van der Waals surface area contributed by atoms with Gasteiger partial charge in [0.05, 0.1) is 19.0 Å². The van der Waals surface area contributed by atoms with Crippen LogP contribution in [0.1, 0.15) is 6.42 Å². The van der Waals surface area contributed by atoms with Gasteiger partial charge in [-0.3, -0.25) is 15.2 Å². The summed E-state index contributed by atoms with van der Waals surface area (Å²) in [6, 6.07) is 1.99. The van der Waals surface area contributed by atoms with Crippen LogP contribution in [0, 0.1) is 20.6 Å². The van der Waals surface area contributed by atoms with Crippen molar-refractivity contribution in [2.45, 2.75) is 6.42 Å². The van der Waals surface area contributed by atoms with E-state index in [-0.39, 0.29) is 0 Å². The van der Waals surface area contributed by atoms with Crippen molar-refractivity contribution >= 4 is 24.4 Å². The summed E-state index contributed by atoms with van der Waals surface area (Å²) in [6.07, 6.45) is 0.363. The fraction of sp³-hybridized carbons (Fsp3) is 0.333. The molecule has 0 spiro atoms. The average Bonchev–Trinajstić information content (AvgIpc) is 2.10. The van der Waals surface area contributed by atoms with Crippen molar-refractivity contribution in [3.8, 4) is 6.07 Å². The van der Waals surface area contributed by atoms with E-state index in [9.17, 15) is 0 Å². The molecule has 68 valence electrons. The molecule has 0 aliphatic carbocycles. The number of hydrogen-bond donors (Lipinski definition) is 3. The van der Waals surface area contributed by atoms with Crippen molar-refractivity contribution in [3.63, 3.8) is 0 Å². The van der Waals surface area contributed by atoms with Crippen LogP contribution in [0.2, 0.25) is 0 Å². The lowest BCUT2D eigenvalue weighted by Gasteiger charge is -1.89. The van der Waals surface area contributed by atoms with Crippen LogP contribution in [0.4, 0.5) is 0 Å². The largest absolute Gasteiger partial charge is 0.278 e. The number of H-pyrrole nitrogens is 3. The third kappa shape index (κ3) is 2.61. The van der Waals surface area contributed by atoms with Crippen LogP contribution in [-0.4, -0.2) is 22.0 Å². The molecule has 0 aliphatic rings. The first kappa shape index (κ1) is 9.83. The zero-order chi connectivity index (χ0) is 9.68. The number of nitrogens with zero attached hydrogens (tertiary/aromatic N) is 2. The molecule has 5 nitrogen and oxygen atoms in total. The van der Waals surface area contributed by atoms with Crippen molar-refractivity contribution < 1.29 is 0 Å². The minimum atomic E-state index is 0.363. The first-order valence-corrected chi connectivity index (χ1v) is 4.34. The van der Waals surface area contributed by atoms with Gasteiger partial charge in [0.2, 0.25) is 0 Å². The molecular weight excluding hydrogens is 206 g/mol. The number of rotatable bonds is 2. The number of nitrogens with one attached hydrogen (secondary N) is 3. The summed E-state index contributed by atoms with van der Waals surface area (Å²) in [4.78, 5) is 4.08. The fourth-order valence-electron chi connectivity index (χ4n) is 0.728. The van der Waals surface area contributed by atoms with E-state index < -0.39 is 0 Å². The van der Waals surface area contributed by atoms with Crippen molar-refractivity contribution in [2.75, 3.05) is 6.54 Å². The zero-order valence-electron chi connectivity index (χ0n) is 6.63. The van der Waals surface area contributed by atoms with Crippen LogP contribution < -0.4 is 5.36 Å². The molecule has 1 aromatic rings. The van der Waals surface area contributed by atoms with Crippen molar-refractivity contribution in [3.05, 3.63) is 14.6 Å². The van der Waals surface area contributed by atoms with Crippen LogP contribution in [0.15, 0.2) is 4.99 Å². The van der Waals surface area contributed by atoms with E-state index >= 15 is 0 Å².